The zero-order valence-corrected chi connectivity index (χ0v) is 25.9. The van der Waals surface area contributed by atoms with Gasteiger partial charge in [-0.2, -0.15) is 26.3 Å². The number of carbonyl (C=O) groups is 2. The summed E-state index contributed by atoms with van der Waals surface area (Å²) in [7, 11) is 1.63. The molecule has 0 aromatic heterocycles. The van der Waals surface area contributed by atoms with Crippen LogP contribution in [-0.2, 0) is 23.2 Å². The number of carbonyl (C=O) groups excluding carboxylic acids is 2. The van der Waals surface area contributed by atoms with E-state index in [9.17, 15) is 41.0 Å². The van der Waals surface area contributed by atoms with Gasteiger partial charge in [0.15, 0.2) is 0 Å². The summed E-state index contributed by atoms with van der Waals surface area (Å²) >= 11 is 0. The van der Waals surface area contributed by atoms with Crippen molar-refractivity contribution >= 4 is 11.9 Å². The van der Waals surface area contributed by atoms with Crippen LogP contribution in [0.3, 0.4) is 0 Å². The molecule has 1 aliphatic rings. The standard InChI is InChI=1S/C31H46F6N2O4/c1-6-16-22-20-24(29(42,30(32,33)34)31(35,36)37)21-23(17-7-2)25(22)43-19-15-13-11-9-8-10-12-14-18-39-26(40)28(3,4)38(5)27(39)41/h20-21,42H,6-19H2,1-5H3. The molecule has 12 heteroatoms. The largest absolute Gasteiger partial charge is 0.493 e. The van der Waals surface area contributed by atoms with Crippen molar-refractivity contribution in [2.75, 3.05) is 20.2 Å². The van der Waals surface area contributed by atoms with Crippen LogP contribution in [0.25, 0.3) is 0 Å². The van der Waals surface area contributed by atoms with Crippen molar-refractivity contribution in [2.24, 2.45) is 0 Å². The van der Waals surface area contributed by atoms with Gasteiger partial charge in [0.1, 0.15) is 11.3 Å². The Hall–Kier alpha value is -2.50. The van der Waals surface area contributed by atoms with Crippen molar-refractivity contribution in [3.05, 3.63) is 28.8 Å². The Morgan fingerprint density at radius 2 is 1.23 bits per heavy atom. The van der Waals surface area contributed by atoms with E-state index in [0.717, 1.165) is 57.1 Å². The molecule has 0 atom stereocenters. The Morgan fingerprint density at radius 1 is 0.791 bits per heavy atom. The van der Waals surface area contributed by atoms with E-state index in [4.69, 9.17) is 4.74 Å². The molecule has 1 aliphatic heterocycles. The van der Waals surface area contributed by atoms with Crippen molar-refractivity contribution in [3.8, 4) is 5.75 Å². The minimum absolute atomic E-state index is 0.175. The van der Waals surface area contributed by atoms with E-state index >= 15 is 0 Å². The molecule has 0 bridgehead atoms. The molecule has 1 aromatic carbocycles. The van der Waals surface area contributed by atoms with Crippen molar-refractivity contribution < 1.29 is 45.8 Å². The fraction of sp³-hybridized carbons (Fsp3) is 0.742. The van der Waals surface area contributed by atoms with Crippen LogP contribution in [0.2, 0.25) is 0 Å². The van der Waals surface area contributed by atoms with Gasteiger partial charge in [-0.3, -0.25) is 9.69 Å². The number of likely N-dealkylation sites (N-methyl/N-ethyl adjacent to an activating group) is 1. The van der Waals surface area contributed by atoms with E-state index in [0.29, 0.717) is 31.6 Å². The smallest absolute Gasteiger partial charge is 0.430 e. The molecule has 0 aliphatic carbocycles. The molecule has 1 N–H and O–H groups in total. The van der Waals surface area contributed by atoms with E-state index < -0.39 is 29.1 Å². The fourth-order valence-corrected chi connectivity index (χ4v) is 5.33. The summed E-state index contributed by atoms with van der Waals surface area (Å²) in [5.74, 6) is 0.134. The van der Waals surface area contributed by atoms with Gasteiger partial charge in [-0.1, -0.05) is 65.2 Å². The van der Waals surface area contributed by atoms with Gasteiger partial charge in [-0.15, -0.1) is 0 Å². The Bertz CT molecular complexity index is 1050. The molecule has 1 saturated heterocycles. The number of hydrogen-bond donors (Lipinski definition) is 1. The second-order valence-corrected chi connectivity index (χ2v) is 11.9. The monoisotopic (exact) mass is 624 g/mol. The highest BCUT2D eigenvalue weighted by molar-refractivity contribution is 6.06. The number of amides is 3. The number of unbranched alkanes of at least 4 members (excludes halogenated alkanes) is 7. The Kier molecular flexibility index (Phi) is 12.8. The molecule has 2 rings (SSSR count). The maximum atomic E-state index is 13.6. The molecule has 43 heavy (non-hydrogen) atoms. The fourth-order valence-electron chi connectivity index (χ4n) is 5.33. The highest BCUT2D eigenvalue weighted by Gasteiger charge is 2.71. The topological polar surface area (TPSA) is 70.1 Å². The van der Waals surface area contributed by atoms with Crippen molar-refractivity contribution in [2.45, 2.75) is 128 Å². The molecule has 0 spiro atoms. The predicted molar refractivity (Wildman–Crippen MR) is 152 cm³/mol. The number of urea groups is 1. The van der Waals surface area contributed by atoms with Crippen LogP contribution in [0, 0.1) is 0 Å². The van der Waals surface area contributed by atoms with Crippen LogP contribution < -0.4 is 4.74 Å². The third-order valence-corrected chi connectivity index (χ3v) is 8.17. The van der Waals surface area contributed by atoms with E-state index in [1.54, 1.807) is 34.7 Å². The molecule has 1 aromatic rings. The molecule has 0 unspecified atom stereocenters. The highest BCUT2D eigenvalue weighted by atomic mass is 19.4. The minimum atomic E-state index is -5.94. The van der Waals surface area contributed by atoms with Gasteiger partial charge < -0.3 is 14.7 Å². The minimum Gasteiger partial charge on any atom is -0.493 e. The average Bonchev–Trinajstić information content (AvgIpc) is 3.05. The molecular formula is C31H46F6N2O4. The maximum absolute atomic E-state index is 13.6. The Labute approximate surface area is 250 Å². The second kappa shape index (κ2) is 15.0. The first kappa shape index (κ1) is 36.7. The summed E-state index contributed by atoms with van der Waals surface area (Å²) in [4.78, 5) is 27.5. The first-order valence-electron chi connectivity index (χ1n) is 15.2. The number of nitrogens with zero attached hydrogens (tertiary/aromatic N) is 2. The Morgan fingerprint density at radius 3 is 1.63 bits per heavy atom. The van der Waals surface area contributed by atoms with E-state index in [1.165, 1.54) is 9.80 Å². The first-order chi connectivity index (χ1) is 19.9. The van der Waals surface area contributed by atoms with Crippen molar-refractivity contribution in [1.82, 2.24) is 9.80 Å². The first-order valence-corrected chi connectivity index (χ1v) is 15.2. The van der Waals surface area contributed by atoms with Crippen molar-refractivity contribution in [3.63, 3.8) is 0 Å². The molecule has 1 fully saturated rings. The van der Waals surface area contributed by atoms with E-state index in [-0.39, 0.29) is 42.5 Å². The van der Waals surface area contributed by atoms with Gasteiger partial charge in [-0.05, 0) is 62.8 Å². The zero-order chi connectivity index (χ0) is 32.6. The van der Waals surface area contributed by atoms with Crippen molar-refractivity contribution in [1.29, 1.82) is 0 Å². The number of benzene rings is 1. The number of imide groups is 1. The van der Waals surface area contributed by atoms with E-state index in [1.807, 2.05) is 0 Å². The number of aryl methyl sites for hydroxylation is 2. The number of ether oxygens (including phenoxy) is 1. The predicted octanol–water partition coefficient (Wildman–Crippen LogP) is 8.08. The maximum Gasteiger partial charge on any atom is 0.430 e. The molecule has 246 valence electrons. The quantitative estimate of drug-likeness (QED) is 0.108. The summed E-state index contributed by atoms with van der Waals surface area (Å²) in [5.41, 5.74) is -6.57. The molecule has 1 heterocycles. The van der Waals surface area contributed by atoms with Crippen LogP contribution in [-0.4, -0.2) is 64.9 Å². The van der Waals surface area contributed by atoms with Gasteiger partial charge in [0.05, 0.1) is 6.61 Å². The Balaban J connectivity index is 1.86. The normalized spacial score (nSPS) is 16.0. The van der Waals surface area contributed by atoms with Crippen LogP contribution in [0.15, 0.2) is 12.1 Å². The third-order valence-electron chi connectivity index (χ3n) is 8.17. The van der Waals surface area contributed by atoms with Gasteiger partial charge in [0.25, 0.3) is 11.5 Å². The van der Waals surface area contributed by atoms with Crippen LogP contribution in [0.4, 0.5) is 31.1 Å². The van der Waals surface area contributed by atoms with Crippen LogP contribution >= 0.6 is 0 Å². The number of rotatable bonds is 17. The molecular weight excluding hydrogens is 578 g/mol. The number of aliphatic hydroxyl groups is 1. The third kappa shape index (κ3) is 8.36. The van der Waals surface area contributed by atoms with Gasteiger partial charge >= 0.3 is 18.4 Å². The summed E-state index contributed by atoms with van der Waals surface area (Å²) in [6.45, 7) is 7.69. The van der Waals surface area contributed by atoms with Gasteiger partial charge in [-0.25, -0.2) is 4.79 Å². The molecule has 0 saturated carbocycles. The second-order valence-electron chi connectivity index (χ2n) is 11.9. The SMILES string of the molecule is CCCc1cc(C(O)(C(F)(F)F)C(F)(F)F)cc(CCC)c1OCCCCCCCCCCN1C(=O)N(C)C(C)(C)C1=O. The van der Waals surface area contributed by atoms with Crippen LogP contribution in [0.5, 0.6) is 5.75 Å². The zero-order valence-electron chi connectivity index (χ0n) is 25.9. The lowest BCUT2D eigenvalue weighted by atomic mass is 9.87. The van der Waals surface area contributed by atoms with E-state index in [2.05, 4.69) is 0 Å². The number of hydrogen-bond acceptors (Lipinski definition) is 4. The van der Waals surface area contributed by atoms with Gasteiger partial charge in [0, 0.05) is 19.2 Å². The molecule has 0 radical (unpaired) electrons. The number of halogens is 6. The lowest BCUT2D eigenvalue weighted by Gasteiger charge is -2.33. The number of alkyl halides is 6. The molecule has 3 amide bonds. The van der Waals surface area contributed by atoms with Crippen LogP contribution in [0.1, 0.15) is 109 Å². The summed E-state index contributed by atoms with van der Waals surface area (Å²) < 4.78 is 87.3. The lowest BCUT2D eigenvalue weighted by molar-refractivity contribution is -0.376. The van der Waals surface area contributed by atoms with Gasteiger partial charge in [0.2, 0.25) is 0 Å². The highest BCUT2D eigenvalue weighted by Crippen LogP contribution is 2.51. The molecule has 6 nitrogen and oxygen atoms in total. The summed E-state index contributed by atoms with van der Waals surface area (Å²) in [5, 5.41) is 9.97. The summed E-state index contributed by atoms with van der Waals surface area (Å²) in [6, 6.07) is 1.31. The average molecular weight is 625 g/mol. The summed E-state index contributed by atoms with van der Waals surface area (Å²) in [6.07, 6.45) is -3.44. The lowest BCUT2D eigenvalue weighted by Crippen LogP contribution is -2.54.